The van der Waals surface area contributed by atoms with Crippen LogP contribution >= 0.6 is 11.3 Å². The maximum Gasteiger partial charge on any atom is 0.410 e. The predicted molar refractivity (Wildman–Crippen MR) is 73.6 cm³/mol. The highest BCUT2D eigenvalue weighted by Gasteiger charge is 2.32. The molecule has 1 aromatic heterocycles. The summed E-state index contributed by atoms with van der Waals surface area (Å²) in [6.07, 6.45) is 3.40. The van der Waals surface area contributed by atoms with Crippen molar-refractivity contribution >= 4 is 17.4 Å². The number of hydrogen-bond donors (Lipinski definition) is 0. The van der Waals surface area contributed by atoms with Gasteiger partial charge in [0.05, 0.1) is 6.04 Å². The Kier molecular flexibility index (Phi) is 4.29. The molecule has 2 rings (SSSR count). The molecule has 106 valence electrons. The molecule has 1 aliphatic rings. The Labute approximate surface area is 117 Å². The predicted octanol–water partition coefficient (Wildman–Crippen LogP) is 2.92. The maximum absolute atomic E-state index is 12.1. The normalized spacial score (nSPS) is 19.5. The number of ether oxygens (including phenoxy) is 2. The van der Waals surface area contributed by atoms with Crippen LogP contribution in [-0.4, -0.2) is 40.8 Å². The first-order valence-electron chi connectivity index (χ1n) is 6.47. The van der Waals surface area contributed by atoms with Crippen LogP contribution in [0.2, 0.25) is 0 Å². The average Bonchev–Trinajstić information content (AvgIpc) is 2.95. The fourth-order valence-corrected chi connectivity index (χ4v) is 2.51. The molecule has 1 aliphatic heterocycles. The van der Waals surface area contributed by atoms with E-state index in [1.54, 1.807) is 11.1 Å². The minimum Gasteiger partial charge on any atom is -0.468 e. The monoisotopic (exact) mass is 284 g/mol. The Morgan fingerprint density at radius 1 is 1.58 bits per heavy atom. The van der Waals surface area contributed by atoms with Crippen LogP contribution in [0.15, 0.2) is 11.6 Å². The molecule has 0 saturated carbocycles. The molecule has 1 saturated heterocycles. The van der Waals surface area contributed by atoms with Crippen molar-refractivity contribution in [2.24, 2.45) is 0 Å². The van der Waals surface area contributed by atoms with E-state index in [9.17, 15) is 4.79 Å². The van der Waals surface area contributed by atoms with Crippen LogP contribution in [0.1, 0.15) is 33.6 Å². The Morgan fingerprint density at radius 3 is 3.00 bits per heavy atom. The number of rotatable bonds is 3. The second-order valence-electron chi connectivity index (χ2n) is 5.58. The van der Waals surface area contributed by atoms with Crippen molar-refractivity contribution in [3.05, 3.63) is 11.6 Å². The van der Waals surface area contributed by atoms with Gasteiger partial charge in [-0.3, -0.25) is 0 Å². The van der Waals surface area contributed by atoms with Crippen molar-refractivity contribution in [1.82, 2.24) is 9.88 Å². The molecule has 19 heavy (non-hydrogen) atoms. The minimum atomic E-state index is -0.458. The van der Waals surface area contributed by atoms with Gasteiger partial charge in [0.2, 0.25) is 0 Å². The van der Waals surface area contributed by atoms with Crippen LogP contribution in [-0.2, 0) is 4.74 Å². The molecule has 0 spiro atoms. The third kappa shape index (κ3) is 4.09. The van der Waals surface area contributed by atoms with E-state index in [-0.39, 0.29) is 12.1 Å². The van der Waals surface area contributed by atoms with Crippen LogP contribution < -0.4 is 4.74 Å². The largest absolute Gasteiger partial charge is 0.468 e. The summed E-state index contributed by atoms with van der Waals surface area (Å²) < 4.78 is 11.0. The number of aromatic nitrogens is 1. The number of likely N-dealkylation sites (tertiary alicyclic amines) is 1. The van der Waals surface area contributed by atoms with E-state index in [1.165, 1.54) is 11.3 Å². The second kappa shape index (κ2) is 5.77. The maximum atomic E-state index is 12.1. The van der Waals surface area contributed by atoms with Gasteiger partial charge in [0.1, 0.15) is 12.2 Å². The summed E-state index contributed by atoms with van der Waals surface area (Å²) >= 11 is 1.46. The van der Waals surface area contributed by atoms with Gasteiger partial charge in [0.15, 0.2) is 0 Å². The lowest BCUT2D eigenvalue weighted by Gasteiger charge is -2.28. The summed E-state index contributed by atoms with van der Waals surface area (Å²) in [6.45, 7) is 6.85. The zero-order valence-electron chi connectivity index (χ0n) is 11.6. The first-order chi connectivity index (χ1) is 8.96. The van der Waals surface area contributed by atoms with Crippen molar-refractivity contribution in [1.29, 1.82) is 0 Å². The summed E-state index contributed by atoms with van der Waals surface area (Å²) in [5, 5.41) is 2.52. The van der Waals surface area contributed by atoms with Crippen molar-refractivity contribution in [3.8, 4) is 5.19 Å². The number of carbonyl (C=O) groups excluding carboxylic acids is 1. The second-order valence-corrected chi connectivity index (χ2v) is 6.44. The van der Waals surface area contributed by atoms with Gasteiger partial charge in [-0.15, -0.1) is 0 Å². The number of hydrogen-bond acceptors (Lipinski definition) is 5. The Balaban J connectivity index is 1.87. The molecule has 1 fully saturated rings. The SMILES string of the molecule is CC(C)(C)OC(=O)N1CCC[C@@H]1COc1nccs1. The van der Waals surface area contributed by atoms with E-state index in [4.69, 9.17) is 9.47 Å². The fourth-order valence-electron chi connectivity index (χ4n) is 2.02. The number of carbonyl (C=O) groups is 1. The summed E-state index contributed by atoms with van der Waals surface area (Å²) in [5.74, 6) is 0. The summed E-state index contributed by atoms with van der Waals surface area (Å²) in [5.41, 5.74) is -0.458. The van der Waals surface area contributed by atoms with Crippen LogP contribution in [0.5, 0.6) is 5.19 Å². The van der Waals surface area contributed by atoms with Gasteiger partial charge in [-0.1, -0.05) is 11.3 Å². The number of amides is 1. The molecule has 1 amide bonds. The van der Waals surface area contributed by atoms with Crippen LogP contribution in [0.3, 0.4) is 0 Å². The minimum absolute atomic E-state index is 0.0822. The van der Waals surface area contributed by atoms with E-state index in [1.807, 2.05) is 26.2 Å². The molecule has 2 heterocycles. The lowest BCUT2D eigenvalue weighted by atomic mass is 10.2. The molecule has 5 nitrogen and oxygen atoms in total. The van der Waals surface area contributed by atoms with Gasteiger partial charge in [0.25, 0.3) is 5.19 Å². The highest BCUT2D eigenvalue weighted by Crippen LogP contribution is 2.22. The zero-order chi connectivity index (χ0) is 13.9. The third-order valence-corrected chi connectivity index (χ3v) is 3.50. The van der Waals surface area contributed by atoms with E-state index in [2.05, 4.69) is 4.98 Å². The summed E-state index contributed by atoms with van der Waals surface area (Å²) in [6, 6.07) is 0.0822. The molecular weight excluding hydrogens is 264 g/mol. The van der Waals surface area contributed by atoms with Crippen molar-refractivity contribution in [3.63, 3.8) is 0 Å². The topological polar surface area (TPSA) is 51.7 Å². The Morgan fingerprint density at radius 2 is 2.37 bits per heavy atom. The first kappa shape index (κ1) is 14.1. The van der Waals surface area contributed by atoms with Crippen LogP contribution in [0.4, 0.5) is 4.79 Å². The lowest BCUT2D eigenvalue weighted by molar-refractivity contribution is 0.0187. The van der Waals surface area contributed by atoms with E-state index < -0.39 is 5.60 Å². The Bertz CT molecular complexity index is 414. The molecule has 0 radical (unpaired) electrons. The van der Waals surface area contributed by atoms with Crippen LogP contribution in [0.25, 0.3) is 0 Å². The van der Waals surface area contributed by atoms with E-state index in [0.29, 0.717) is 11.8 Å². The zero-order valence-corrected chi connectivity index (χ0v) is 12.4. The van der Waals surface area contributed by atoms with Crippen molar-refractivity contribution < 1.29 is 14.3 Å². The van der Waals surface area contributed by atoms with Gasteiger partial charge >= 0.3 is 6.09 Å². The van der Waals surface area contributed by atoms with Crippen molar-refractivity contribution in [2.45, 2.75) is 45.3 Å². The molecule has 0 N–H and O–H groups in total. The van der Waals surface area contributed by atoms with E-state index in [0.717, 1.165) is 19.4 Å². The molecule has 0 aliphatic carbocycles. The molecule has 0 aromatic carbocycles. The molecule has 6 heteroatoms. The van der Waals surface area contributed by atoms with Gasteiger partial charge in [-0.05, 0) is 33.6 Å². The van der Waals surface area contributed by atoms with Gasteiger partial charge in [-0.25, -0.2) is 9.78 Å². The van der Waals surface area contributed by atoms with Crippen molar-refractivity contribution in [2.75, 3.05) is 13.2 Å². The molecule has 1 aromatic rings. The van der Waals surface area contributed by atoms with Gasteiger partial charge < -0.3 is 14.4 Å². The van der Waals surface area contributed by atoms with Gasteiger partial charge in [0, 0.05) is 18.1 Å². The molecule has 0 unspecified atom stereocenters. The quantitative estimate of drug-likeness (QED) is 0.856. The highest BCUT2D eigenvalue weighted by molar-refractivity contribution is 7.11. The van der Waals surface area contributed by atoms with Crippen LogP contribution in [0, 0.1) is 0 Å². The average molecular weight is 284 g/mol. The fraction of sp³-hybridized carbons (Fsp3) is 0.692. The number of thiazole rings is 1. The third-order valence-electron chi connectivity index (χ3n) is 2.81. The van der Waals surface area contributed by atoms with Gasteiger partial charge in [-0.2, -0.15) is 0 Å². The summed E-state index contributed by atoms with van der Waals surface area (Å²) in [7, 11) is 0. The summed E-state index contributed by atoms with van der Waals surface area (Å²) in [4.78, 5) is 17.9. The van der Waals surface area contributed by atoms with E-state index >= 15 is 0 Å². The number of nitrogens with zero attached hydrogens (tertiary/aromatic N) is 2. The lowest BCUT2D eigenvalue weighted by Crippen LogP contribution is -2.42. The highest BCUT2D eigenvalue weighted by atomic mass is 32.1. The molecular formula is C13H20N2O3S. The molecule has 1 atom stereocenters. The first-order valence-corrected chi connectivity index (χ1v) is 7.35. The smallest absolute Gasteiger partial charge is 0.410 e. The standard InChI is InChI=1S/C13H20N2O3S/c1-13(2,3)18-12(16)15-7-4-5-10(15)9-17-11-14-6-8-19-11/h6,8,10H,4-5,7,9H2,1-3H3/t10-/m1/s1. The molecule has 0 bridgehead atoms. The Hall–Kier alpha value is -1.30.